The highest BCUT2D eigenvalue weighted by Crippen LogP contribution is 2.54. The Balaban J connectivity index is 0.996. The summed E-state index contributed by atoms with van der Waals surface area (Å²) in [5, 5.41) is 19.5. The zero-order valence-electron chi connectivity index (χ0n) is 37.9. The molecule has 0 amide bonds. The molecule has 4 heterocycles. The summed E-state index contributed by atoms with van der Waals surface area (Å²) < 4.78 is 18.4. The number of ether oxygens (including phenoxy) is 1. The number of rotatable bonds is 3. The van der Waals surface area contributed by atoms with E-state index in [0.717, 1.165) is 89.3 Å². The molecular weight excluding hydrogens is 869 g/mol. The molecule has 0 saturated heterocycles. The van der Waals surface area contributed by atoms with Crippen molar-refractivity contribution < 1.29 is 9.15 Å². The third-order valence-corrected chi connectivity index (χ3v) is 15.4. The highest BCUT2D eigenvalue weighted by atomic mass is 16.5. The van der Waals surface area contributed by atoms with Crippen LogP contribution >= 0.6 is 0 Å². The van der Waals surface area contributed by atoms with E-state index in [4.69, 9.17) is 14.1 Å². The van der Waals surface area contributed by atoms with Gasteiger partial charge in [-0.1, -0.05) is 127 Å². The second-order valence-corrected chi connectivity index (χ2v) is 19.0. The van der Waals surface area contributed by atoms with Crippen LogP contribution in [0.4, 0.5) is 17.1 Å². The topological polar surface area (TPSA) is 48.4 Å². The summed E-state index contributed by atoms with van der Waals surface area (Å²) in [4.78, 5) is 7.06. The standard InChI is InChI=1S/C65H36N4O2/c1-4-24-57-50(21-1)68(51-22-2-5-25-58(51)70-57)49-30-28-39-32-53(44-19-9-14-38-27-29-45(49)63(39)62(38)44)69-52-23-3-6-26-59(52)71-60-34-48-54(35-55(60)69)67(40-15-11-31-66-36-40)56-33-47-43-17-8-13-37-12-7-16-41(61(37)43)42-18-10-20-46(64(42)47)65(48)56/h1-36H. The van der Waals surface area contributed by atoms with Crippen LogP contribution in [0, 0.1) is 0 Å². The Morgan fingerprint density at radius 3 is 1.79 bits per heavy atom. The number of pyridine rings is 1. The Morgan fingerprint density at radius 2 is 0.986 bits per heavy atom. The molecule has 0 unspecified atom stereocenters. The third-order valence-electron chi connectivity index (χ3n) is 15.4. The van der Waals surface area contributed by atoms with Crippen molar-refractivity contribution in [2.75, 3.05) is 4.90 Å². The van der Waals surface area contributed by atoms with E-state index >= 15 is 0 Å². The fourth-order valence-corrected chi connectivity index (χ4v) is 12.6. The molecule has 0 aliphatic carbocycles. The van der Waals surface area contributed by atoms with E-state index < -0.39 is 0 Å². The minimum Gasteiger partial charge on any atom is -0.453 e. The zero-order valence-corrected chi connectivity index (χ0v) is 37.9. The van der Waals surface area contributed by atoms with E-state index in [0.29, 0.717) is 0 Å². The van der Waals surface area contributed by atoms with Crippen molar-refractivity contribution in [3.63, 3.8) is 0 Å². The highest BCUT2D eigenvalue weighted by Gasteiger charge is 2.29. The zero-order chi connectivity index (χ0) is 46.1. The van der Waals surface area contributed by atoms with Crippen LogP contribution in [0.15, 0.2) is 223 Å². The quantitative estimate of drug-likeness (QED) is 0.131. The number of aromatic nitrogens is 3. The molecule has 0 atom stereocenters. The molecule has 0 bridgehead atoms. The molecule has 328 valence electrons. The summed E-state index contributed by atoms with van der Waals surface area (Å²) in [5.41, 5.74) is 11.0. The molecule has 0 spiro atoms. The normalized spacial score (nSPS) is 12.9. The summed E-state index contributed by atoms with van der Waals surface area (Å²) in [6.07, 6.45) is 3.83. The van der Waals surface area contributed by atoms with Gasteiger partial charge in [-0.25, -0.2) is 0 Å². The van der Waals surface area contributed by atoms with Gasteiger partial charge in [0.25, 0.3) is 0 Å². The molecule has 0 radical (unpaired) electrons. The van der Waals surface area contributed by atoms with Gasteiger partial charge >= 0.3 is 0 Å². The monoisotopic (exact) mass is 904 g/mol. The molecule has 1 aliphatic rings. The van der Waals surface area contributed by atoms with Crippen LogP contribution in [-0.2, 0) is 0 Å². The van der Waals surface area contributed by atoms with E-state index in [9.17, 15) is 0 Å². The van der Waals surface area contributed by atoms with E-state index in [1.807, 2.05) is 30.6 Å². The lowest BCUT2D eigenvalue weighted by Gasteiger charge is -2.33. The van der Waals surface area contributed by atoms with Crippen LogP contribution in [-0.4, -0.2) is 14.1 Å². The number of benzene rings is 13. The molecule has 0 saturated carbocycles. The molecule has 6 nitrogen and oxygen atoms in total. The molecule has 13 aromatic carbocycles. The first-order valence-corrected chi connectivity index (χ1v) is 24.2. The van der Waals surface area contributed by atoms with Gasteiger partial charge in [0.2, 0.25) is 0 Å². The number of nitrogens with zero attached hydrogens (tertiary/aromatic N) is 4. The molecule has 1 aliphatic heterocycles. The van der Waals surface area contributed by atoms with E-state index in [2.05, 4.69) is 202 Å². The Bertz CT molecular complexity index is 4930. The molecule has 17 rings (SSSR count). The number of fused-ring (bicyclic) bond motifs is 10. The predicted octanol–water partition coefficient (Wildman–Crippen LogP) is 18.0. The van der Waals surface area contributed by atoms with Crippen molar-refractivity contribution in [1.82, 2.24) is 14.1 Å². The van der Waals surface area contributed by atoms with Gasteiger partial charge in [0.05, 0.1) is 56.7 Å². The average Bonchev–Trinajstić information content (AvgIpc) is 3.75. The van der Waals surface area contributed by atoms with Gasteiger partial charge in [0, 0.05) is 27.7 Å². The van der Waals surface area contributed by atoms with Crippen LogP contribution in [0.3, 0.4) is 0 Å². The number of hydrogen-bond acceptors (Lipinski definition) is 4. The Hall–Kier alpha value is -9.65. The van der Waals surface area contributed by atoms with Crippen LogP contribution < -0.4 is 9.64 Å². The van der Waals surface area contributed by atoms with Crippen LogP contribution in [0.1, 0.15) is 0 Å². The molecule has 3 aromatic heterocycles. The van der Waals surface area contributed by atoms with Gasteiger partial charge in [0.15, 0.2) is 22.7 Å². The van der Waals surface area contributed by atoms with Gasteiger partial charge in [0.1, 0.15) is 0 Å². The molecular formula is C65H36N4O2. The SMILES string of the molecule is c1cncc(-n2c3cc4c(cc3c3c5cccc6c7cccc8cccc(c(cc32)c65)c87)oc2ccccc2n4-c2cc3ccc(N4c5ccccc5Oc5ccccc54)c4ccc5cccc2c5c34)c1. The first-order chi connectivity index (χ1) is 35.2. The molecule has 0 fully saturated rings. The van der Waals surface area contributed by atoms with Crippen LogP contribution in [0.5, 0.6) is 11.5 Å². The minimum absolute atomic E-state index is 0.800. The Kier molecular flexibility index (Phi) is 7.12. The van der Waals surface area contributed by atoms with Crippen molar-refractivity contribution in [2.24, 2.45) is 0 Å². The number of para-hydroxylation sites is 6. The van der Waals surface area contributed by atoms with Crippen molar-refractivity contribution in [2.45, 2.75) is 0 Å². The summed E-state index contributed by atoms with van der Waals surface area (Å²) in [7, 11) is 0. The van der Waals surface area contributed by atoms with Gasteiger partial charge < -0.3 is 23.2 Å². The second kappa shape index (κ2) is 13.5. The summed E-state index contributed by atoms with van der Waals surface area (Å²) in [6, 6.07) is 74.9. The van der Waals surface area contributed by atoms with Crippen LogP contribution in [0.2, 0.25) is 0 Å². The maximum Gasteiger partial charge on any atom is 0.152 e. The maximum atomic E-state index is 7.08. The molecule has 71 heavy (non-hydrogen) atoms. The van der Waals surface area contributed by atoms with E-state index in [1.54, 1.807) is 0 Å². The second-order valence-electron chi connectivity index (χ2n) is 19.0. The van der Waals surface area contributed by atoms with Crippen molar-refractivity contribution in [3.05, 3.63) is 219 Å². The van der Waals surface area contributed by atoms with Gasteiger partial charge in [-0.2, -0.15) is 0 Å². The van der Waals surface area contributed by atoms with Crippen LogP contribution in [0.25, 0.3) is 131 Å². The minimum atomic E-state index is 0.800. The van der Waals surface area contributed by atoms with E-state index in [1.165, 1.54) is 70.0 Å². The van der Waals surface area contributed by atoms with Crippen molar-refractivity contribution in [1.29, 1.82) is 0 Å². The average molecular weight is 905 g/mol. The Labute approximate surface area is 404 Å². The highest BCUT2D eigenvalue weighted by molar-refractivity contribution is 6.38. The molecule has 6 heteroatoms. The predicted molar refractivity (Wildman–Crippen MR) is 294 cm³/mol. The van der Waals surface area contributed by atoms with Gasteiger partial charge in [-0.15, -0.1) is 0 Å². The summed E-state index contributed by atoms with van der Waals surface area (Å²) in [5.74, 6) is 1.67. The smallest absolute Gasteiger partial charge is 0.152 e. The summed E-state index contributed by atoms with van der Waals surface area (Å²) >= 11 is 0. The summed E-state index contributed by atoms with van der Waals surface area (Å²) in [6.45, 7) is 0. The maximum absolute atomic E-state index is 7.08. The number of anilines is 3. The first-order valence-electron chi connectivity index (χ1n) is 24.2. The lowest BCUT2D eigenvalue weighted by Crippen LogP contribution is -2.16. The fourth-order valence-electron chi connectivity index (χ4n) is 12.6. The Morgan fingerprint density at radius 1 is 0.324 bits per heavy atom. The first kappa shape index (κ1) is 37.3. The molecule has 16 aromatic rings. The van der Waals surface area contributed by atoms with Gasteiger partial charge in [-0.05, 0) is 143 Å². The van der Waals surface area contributed by atoms with Crippen molar-refractivity contribution >= 4 is 136 Å². The van der Waals surface area contributed by atoms with Gasteiger partial charge in [-0.3, -0.25) is 4.98 Å². The van der Waals surface area contributed by atoms with Crippen molar-refractivity contribution in [3.8, 4) is 22.9 Å². The lowest BCUT2D eigenvalue weighted by atomic mass is 9.88. The fraction of sp³-hybridized carbons (Fsp3) is 0. The third kappa shape index (κ3) is 4.87. The largest absolute Gasteiger partial charge is 0.453 e. The lowest BCUT2D eigenvalue weighted by molar-refractivity contribution is 0.477. The number of hydrogen-bond donors (Lipinski definition) is 0. The van der Waals surface area contributed by atoms with E-state index in [-0.39, 0.29) is 0 Å². The molecule has 0 N–H and O–H groups in total.